The number of halogens is 1. The molecular formula is C12H18FN3O2. The summed E-state index contributed by atoms with van der Waals surface area (Å²) in [6.45, 7) is 4.46. The van der Waals surface area contributed by atoms with Gasteiger partial charge in [0.05, 0.1) is 4.92 Å². The summed E-state index contributed by atoms with van der Waals surface area (Å²) >= 11 is 0. The summed E-state index contributed by atoms with van der Waals surface area (Å²) in [4.78, 5) is 12.3. The molecule has 0 aliphatic heterocycles. The van der Waals surface area contributed by atoms with E-state index in [9.17, 15) is 14.5 Å². The lowest BCUT2D eigenvalue weighted by atomic mass is 10.0. The smallest absolute Gasteiger partial charge is 0.292 e. The molecule has 6 heteroatoms. The molecule has 0 bridgehead atoms. The molecule has 0 aromatic heterocycles. The van der Waals surface area contributed by atoms with Crippen molar-refractivity contribution in [3.63, 3.8) is 0 Å². The van der Waals surface area contributed by atoms with Gasteiger partial charge in [0, 0.05) is 24.2 Å². The van der Waals surface area contributed by atoms with Gasteiger partial charge in [-0.2, -0.15) is 0 Å². The molecule has 0 aliphatic carbocycles. The van der Waals surface area contributed by atoms with Crippen molar-refractivity contribution in [2.45, 2.75) is 19.4 Å². The number of likely N-dealkylation sites (N-methyl/N-ethyl adjacent to an activating group) is 1. The van der Waals surface area contributed by atoms with Gasteiger partial charge in [0.25, 0.3) is 5.69 Å². The maximum Gasteiger partial charge on any atom is 0.292 e. The molecule has 0 saturated heterocycles. The van der Waals surface area contributed by atoms with Crippen LogP contribution in [-0.4, -0.2) is 36.0 Å². The number of nitro groups is 1. The third kappa shape index (κ3) is 3.40. The summed E-state index contributed by atoms with van der Waals surface area (Å²) in [6, 6.07) is 3.39. The molecule has 0 spiro atoms. The van der Waals surface area contributed by atoms with Crippen LogP contribution in [0, 0.1) is 15.9 Å². The monoisotopic (exact) mass is 255 g/mol. The molecule has 1 N–H and O–H groups in total. The van der Waals surface area contributed by atoms with E-state index in [2.05, 4.69) is 5.32 Å². The molecule has 0 heterocycles. The minimum Gasteiger partial charge on any atom is -0.378 e. The quantitative estimate of drug-likeness (QED) is 0.648. The molecule has 1 aromatic carbocycles. The van der Waals surface area contributed by atoms with E-state index in [1.807, 2.05) is 32.8 Å². The van der Waals surface area contributed by atoms with Gasteiger partial charge < -0.3 is 10.2 Å². The van der Waals surface area contributed by atoms with Crippen LogP contribution in [0.5, 0.6) is 0 Å². The lowest BCUT2D eigenvalue weighted by molar-refractivity contribution is -0.384. The van der Waals surface area contributed by atoms with Gasteiger partial charge in [-0.15, -0.1) is 0 Å². The molecule has 100 valence electrons. The lowest BCUT2D eigenvalue weighted by Crippen LogP contribution is -2.44. The highest BCUT2D eigenvalue weighted by Crippen LogP contribution is 2.25. The fourth-order valence-corrected chi connectivity index (χ4v) is 1.28. The molecule has 0 atom stereocenters. The van der Waals surface area contributed by atoms with Crippen LogP contribution in [0.1, 0.15) is 13.8 Å². The summed E-state index contributed by atoms with van der Waals surface area (Å²) in [5.41, 5.74) is -0.110. The van der Waals surface area contributed by atoms with E-state index in [4.69, 9.17) is 0 Å². The van der Waals surface area contributed by atoms with Crippen LogP contribution < -0.4 is 5.32 Å². The summed E-state index contributed by atoms with van der Waals surface area (Å²) in [5, 5.41) is 13.8. The number of nitrogens with one attached hydrogen (secondary N) is 1. The van der Waals surface area contributed by atoms with Crippen LogP contribution in [0.25, 0.3) is 0 Å². The maximum atomic E-state index is 13.1. The minimum absolute atomic E-state index is 0.119. The van der Waals surface area contributed by atoms with Gasteiger partial charge in [0.2, 0.25) is 0 Å². The number of nitro benzene ring substituents is 1. The Morgan fingerprint density at radius 1 is 1.44 bits per heavy atom. The van der Waals surface area contributed by atoms with Crippen molar-refractivity contribution in [2.75, 3.05) is 26.0 Å². The third-order valence-electron chi connectivity index (χ3n) is 3.08. The van der Waals surface area contributed by atoms with Crippen molar-refractivity contribution in [3.8, 4) is 0 Å². The van der Waals surface area contributed by atoms with E-state index in [1.165, 1.54) is 6.07 Å². The molecule has 0 aliphatic rings. The Morgan fingerprint density at radius 2 is 2.06 bits per heavy atom. The molecule has 0 saturated carbocycles. The van der Waals surface area contributed by atoms with Crippen LogP contribution in [0.2, 0.25) is 0 Å². The zero-order chi connectivity index (χ0) is 13.9. The topological polar surface area (TPSA) is 58.4 Å². The largest absolute Gasteiger partial charge is 0.378 e. The van der Waals surface area contributed by atoms with Gasteiger partial charge in [-0.3, -0.25) is 10.1 Å². The van der Waals surface area contributed by atoms with Crippen molar-refractivity contribution in [2.24, 2.45) is 0 Å². The van der Waals surface area contributed by atoms with Crippen LogP contribution in [0.15, 0.2) is 18.2 Å². The van der Waals surface area contributed by atoms with Crippen molar-refractivity contribution < 1.29 is 9.31 Å². The molecule has 0 fully saturated rings. The molecule has 0 radical (unpaired) electrons. The van der Waals surface area contributed by atoms with Gasteiger partial charge >= 0.3 is 0 Å². The van der Waals surface area contributed by atoms with E-state index in [-0.39, 0.29) is 16.9 Å². The van der Waals surface area contributed by atoms with E-state index < -0.39 is 10.7 Å². The zero-order valence-corrected chi connectivity index (χ0v) is 11.0. The Kier molecular flexibility index (Phi) is 4.24. The van der Waals surface area contributed by atoms with Crippen LogP contribution in [0.3, 0.4) is 0 Å². The van der Waals surface area contributed by atoms with E-state index in [1.54, 1.807) is 0 Å². The van der Waals surface area contributed by atoms with E-state index in [0.717, 1.165) is 12.1 Å². The fourth-order valence-electron chi connectivity index (χ4n) is 1.28. The predicted molar refractivity (Wildman–Crippen MR) is 69.3 cm³/mol. The number of nitrogens with zero attached hydrogens (tertiary/aromatic N) is 2. The van der Waals surface area contributed by atoms with Gasteiger partial charge in [-0.1, -0.05) is 0 Å². The Labute approximate surface area is 106 Å². The van der Waals surface area contributed by atoms with Crippen molar-refractivity contribution in [3.05, 3.63) is 34.1 Å². The minimum atomic E-state index is -0.523. The number of hydrogen-bond donors (Lipinski definition) is 1. The molecular weight excluding hydrogens is 237 g/mol. The molecule has 0 amide bonds. The second-order valence-electron chi connectivity index (χ2n) is 4.98. The number of anilines is 1. The Hall–Kier alpha value is -1.69. The summed E-state index contributed by atoms with van der Waals surface area (Å²) in [7, 11) is 3.84. The summed E-state index contributed by atoms with van der Waals surface area (Å²) in [5.74, 6) is -0.495. The Morgan fingerprint density at radius 3 is 2.56 bits per heavy atom. The maximum absolute atomic E-state index is 13.1. The fraction of sp³-hybridized carbons (Fsp3) is 0.500. The SMILES string of the molecule is CN(C)C(C)(C)CNc1cc(F)ccc1[N+](=O)[O-]. The van der Waals surface area contributed by atoms with Crippen molar-refractivity contribution in [1.29, 1.82) is 0 Å². The molecule has 5 nitrogen and oxygen atoms in total. The Balaban J connectivity index is 2.90. The lowest BCUT2D eigenvalue weighted by Gasteiger charge is -2.32. The van der Waals surface area contributed by atoms with E-state index in [0.29, 0.717) is 6.54 Å². The first-order chi connectivity index (χ1) is 8.24. The Bertz CT molecular complexity index is 447. The van der Waals surface area contributed by atoms with Crippen LogP contribution >= 0.6 is 0 Å². The highest BCUT2D eigenvalue weighted by Gasteiger charge is 2.22. The average Bonchev–Trinajstić information content (AvgIpc) is 2.26. The standard InChI is InChI=1S/C12H18FN3O2/c1-12(2,15(3)4)8-14-10-7-9(13)5-6-11(10)16(17)18/h5-7,14H,8H2,1-4H3. The molecule has 0 unspecified atom stereocenters. The third-order valence-corrected chi connectivity index (χ3v) is 3.08. The normalized spacial score (nSPS) is 11.7. The number of hydrogen-bond acceptors (Lipinski definition) is 4. The highest BCUT2D eigenvalue weighted by atomic mass is 19.1. The second kappa shape index (κ2) is 5.30. The first-order valence-electron chi connectivity index (χ1n) is 5.59. The summed E-state index contributed by atoms with van der Waals surface area (Å²) < 4.78 is 13.1. The van der Waals surface area contributed by atoms with Gasteiger partial charge in [0.1, 0.15) is 11.5 Å². The summed E-state index contributed by atoms with van der Waals surface area (Å²) in [6.07, 6.45) is 0. The van der Waals surface area contributed by atoms with Gasteiger partial charge in [0.15, 0.2) is 0 Å². The number of benzene rings is 1. The second-order valence-corrected chi connectivity index (χ2v) is 4.98. The van der Waals surface area contributed by atoms with Crippen molar-refractivity contribution in [1.82, 2.24) is 4.90 Å². The zero-order valence-electron chi connectivity index (χ0n) is 11.0. The molecule has 18 heavy (non-hydrogen) atoms. The first kappa shape index (κ1) is 14.4. The van der Waals surface area contributed by atoms with Crippen LogP contribution in [-0.2, 0) is 0 Å². The van der Waals surface area contributed by atoms with E-state index >= 15 is 0 Å². The molecule has 1 aromatic rings. The van der Waals surface area contributed by atoms with Crippen molar-refractivity contribution >= 4 is 11.4 Å². The van der Waals surface area contributed by atoms with Gasteiger partial charge in [-0.05, 0) is 34.0 Å². The van der Waals surface area contributed by atoms with Crippen LogP contribution in [0.4, 0.5) is 15.8 Å². The average molecular weight is 255 g/mol. The predicted octanol–water partition coefficient (Wildman–Crippen LogP) is 2.49. The highest BCUT2D eigenvalue weighted by molar-refractivity contribution is 5.61. The number of rotatable bonds is 5. The molecule has 1 rings (SSSR count). The van der Waals surface area contributed by atoms with Gasteiger partial charge in [-0.25, -0.2) is 4.39 Å². The first-order valence-corrected chi connectivity index (χ1v) is 5.59.